The Bertz CT molecular complexity index is 633. The minimum absolute atomic E-state index is 0.163. The minimum Gasteiger partial charge on any atom is -0.310 e. The van der Waals surface area contributed by atoms with Gasteiger partial charge in [-0.15, -0.1) is 0 Å². The monoisotopic (exact) mass is 241 g/mol. The summed E-state index contributed by atoms with van der Waals surface area (Å²) in [6.07, 6.45) is 5.02. The number of fused-ring (bicyclic) bond motifs is 1. The minimum atomic E-state index is -0.270. The zero-order valence-corrected chi connectivity index (χ0v) is 10.3. The highest BCUT2D eigenvalue weighted by molar-refractivity contribution is 5.32. The van der Waals surface area contributed by atoms with E-state index in [4.69, 9.17) is 0 Å². The van der Waals surface area contributed by atoms with Crippen LogP contribution in [0, 0.1) is 6.92 Å². The maximum absolute atomic E-state index is 11.5. The molecule has 2 aromatic heterocycles. The summed E-state index contributed by atoms with van der Waals surface area (Å²) in [6, 6.07) is 6.04. The van der Waals surface area contributed by atoms with Gasteiger partial charge in [0, 0.05) is 17.8 Å². The average molecular weight is 241 g/mol. The molecule has 4 heteroatoms. The molecule has 2 heterocycles. The Hall–Kier alpha value is -1.97. The fraction of sp³-hybridized carbons (Fsp3) is 0.357. The molecule has 1 N–H and O–H groups in total. The topological polar surface area (TPSA) is 58.6 Å². The number of hydrogen-bond donors (Lipinski definition) is 1. The van der Waals surface area contributed by atoms with Gasteiger partial charge < -0.3 is 4.98 Å². The van der Waals surface area contributed by atoms with Crippen molar-refractivity contribution in [2.45, 2.75) is 32.1 Å². The molecule has 3 rings (SSSR count). The third-order valence-electron chi connectivity index (χ3n) is 3.45. The molecule has 1 atom stereocenters. The molecule has 0 spiro atoms. The molecule has 1 aliphatic carbocycles. The van der Waals surface area contributed by atoms with Gasteiger partial charge in [-0.05, 0) is 43.9 Å². The number of pyridine rings is 1. The van der Waals surface area contributed by atoms with Crippen LogP contribution in [0.1, 0.15) is 41.4 Å². The second-order valence-corrected chi connectivity index (χ2v) is 4.79. The van der Waals surface area contributed by atoms with Crippen molar-refractivity contribution in [2.75, 3.05) is 0 Å². The Morgan fingerprint density at radius 3 is 3.17 bits per heavy atom. The molecular weight excluding hydrogens is 226 g/mol. The fourth-order valence-electron chi connectivity index (χ4n) is 2.68. The van der Waals surface area contributed by atoms with Crippen LogP contribution in [0.4, 0.5) is 0 Å². The summed E-state index contributed by atoms with van der Waals surface area (Å²) in [5.74, 6) is 0.163. The molecule has 0 aromatic carbocycles. The lowest BCUT2D eigenvalue weighted by atomic mass is 9.84. The van der Waals surface area contributed by atoms with Gasteiger partial charge in [0.15, 0.2) is 0 Å². The molecule has 4 nitrogen and oxygen atoms in total. The summed E-state index contributed by atoms with van der Waals surface area (Å²) in [5.41, 5.74) is 3.80. The highest BCUT2D eigenvalue weighted by atomic mass is 16.1. The lowest BCUT2D eigenvalue weighted by molar-refractivity contribution is 0.584. The quantitative estimate of drug-likeness (QED) is 0.830. The Morgan fingerprint density at radius 1 is 1.44 bits per heavy atom. The van der Waals surface area contributed by atoms with Crippen molar-refractivity contribution >= 4 is 0 Å². The van der Waals surface area contributed by atoms with Crippen molar-refractivity contribution in [1.82, 2.24) is 15.0 Å². The first-order valence-electron chi connectivity index (χ1n) is 6.25. The Morgan fingerprint density at radius 2 is 2.33 bits per heavy atom. The smallest absolute Gasteiger partial charge is 0.310 e. The Labute approximate surface area is 105 Å². The number of aryl methyl sites for hydroxylation is 2. The number of nitrogens with zero attached hydrogens (tertiary/aromatic N) is 2. The molecule has 0 saturated carbocycles. The van der Waals surface area contributed by atoms with E-state index in [9.17, 15) is 4.79 Å². The van der Waals surface area contributed by atoms with Crippen LogP contribution in [-0.4, -0.2) is 15.0 Å². The van der Waals surface area contributed by atoms with E-state index >= 15 is 0 Å². The predicted octanol–water partition coefficient (Wildman–Crippen LogP) is 1.94. The molecule has 0 bridgehead atoms. The van der Waals surface area contributed by atoms with Crippen molar-refractivity contribution in [1.29, 1.82) is 0 Å². The zero-order valence-electron chi connectivity index (χ0n) is 10.3. The predicted molar refractivity (Wildman–Crippen MR) is 68.6 cm³/mol. The standard InChI is InChI=1S/C14H15N3O/c1-9-8-12(17-14(18)16-9)11-6-2-4-10-5-3-7-15-13(10)11/h3,5,7-8,11H,2,4,6H2,1H3,(H,16,17,18). The number of aromatic amines is 1. The van der Waals surface area contributed by atoms with Crippen LogP contribution in [0.25, 0.3) is 0 Å². The van der Waals surface area contributed by atoms with Crippen molar-refractivity contribution < 1.29 is 0 Å². The zero-order chi connectivity index (χ0) is 12.5. The SMILES string of the molecule is Cc1cc(C2CCCc3cccnc32)nc(=O)[nH]1. The van der Waals surface area contributed by atoms with Gasteiger partial charge in [0.1, 0.15) is 0 Å². The summed E-state index contributed by atoms with van der Waals surface area (Å²) >= 11 is 0. The van der Waals surface area contributed by atoms with E-state index in [1.54, 1.807) is 0 Å². The fourth-order valence-corrected chi connectivity index (χ4v) is 2.68. The normalized spacial score (nSPS) is 18.4. The van der Waals surface area contributed by atoms with Crippen LogP contribution in [0.3, 0.4) is 0 Å². The van der Waals surface area contributed by atoms with Crippen LogP contribution in [0.2, 0.25) is 0 Å². The van der Waals surface area contributed by atoms with E-state index in [-0.39, 0.29) is 11.6 Å². The lowest BCUT2D eigenvalue weighted by Crippen LogP contribution is -2.20. The number of H-pyrrole nitrogens is 1. The molecule has 0 saturated heterocycles. The third-order valence-corrected chi connectivity index (χ3v) is 3.45. The van der Waals surface area contributed by atoms with Gasteiger partial charge in [-0.3, -0.25) is 4.98 Å². The molecule has 92 valence electrons. The third kappa shape index (κ3) is 1.94. The maximum atomic E-state index is 11.5. The van der Waals surface area contributed by atoms with Crippen molar-refractivity contribution in [3.8, 4) is 0 Å². The lowest BCUT2D eigenvalue weighted by Gasteiger charge is -2.23. The Kier molecular flexibility index (Phi) is 2.70. The van der Waals surface area contributed by atoms with Gasteiger partial charge in [-0.2, -0.15) is 4.98 Å². The molecule has 0 fully saturated rings. The molecule has 0 amide bonds. The van der Waals surface area contributed by atoms with Crippen molar-refractivity contribution in [3.63, 3.8) is 0 Å². The van der Waals surface area contributed by atoms with E-state index in [2.05, 4.69) is 21.0 Å². The maximum Gasteiger partial charge on any atom is 0.345 e. The second-order valence-electron chi connectivity index (χ2n) is 4.79. The van der Waals surface area contributed by atoms with Crippen molar-refractivity contribution in [3.05, 3.63) is 57.5 Å². The molecule has 2 aromatic rings. The molecule has 0 aliphatic heterocycles. The number of hydrogen-bond acceptors (Lipinski definition) is 3. The first-order chi connectivity index (χ1) is 8.74. The molecular formula is C14H15N3O. The van der Waals surface area contributed by atoms with Gasteiger partial charge in [-0.25, -0.2) is 4.79 Å². The first-order valence-corrected chi connectivity index (χ1v) is 6.25. The van der Waals surface area contributed by atoms with Gasteiger partial charge in [0.25, 0.3) is 0 Å². The van der Waals surface area contributed by atoms with Gasteiger partial charge >= 0.3 is 5.69 Å². The molecule has 0 radical (unpaired) electrons. The largest absolute Gasteiger partial charge is 0.345 e. The highest BCUT2D eigenvalue weighted by Gasteiger charge is 2.24. The average Bonchev–Trinajstić information content (AvgIpc) is 2.37. The number of rotatable bonds is 1. The van der Waals surface area contributed by atoms with Crippen LogP contribution >= 0.6 is 0 Å². The number of aromatic nitrogens is 3. The second kappa shape index (κ2) is 4.37. The summed E-state index contributed by atoms with van der Waals surface area (Å²) in [7, 11) is 0. The van der Waals surface area contributed by atoms with E-state index in [0.717, 1.165) is 36.3 Å². The summed E-state index contributed by atoms with van der Waals surface area (Å²) in [4.78, 5) is 22.8. The van der Waals surface area contributed by atoms with Gasteiger partial charge in [-0.1, -0.05) is 6.07 Å². The highest BCUT2D eigenvalue weighted by Crippen LogP contribution is 2.33. The Balaban J connectivity index is 2.11. The molecule has 1 unspecified atom stereocenters. The summed E-state index contributed by atoms with van der Waals surface area (Å²) in [6.45, 7) is 1.88. The van der Waals surface area contributed by atoms with Crippen LogP contribution < -0.4 is 5.69 Å². The van der Waals surface area contributed by atoms with E-state index in [0.29, 0.717) is 0 Å². The van der Waals surface area contributed by atoms with Gasteiger partial charge in [0.2, 0.25) is 0 Å². The van der Waals surface area contributed by atoms with E-state index in [1.807, 2.05) is 25.3 Å². The summed E-state index contributed by atoms with van der Waals surface area (Å²) in [5, 5.41) is 0. The first kappa shape index (κ1) is 11.1. The van der Waals surface area contributed by atoms with Gasteiger partial charge in [0.05, 0.1) is 11.4 Å². The van der Waals surface area contributed by atoms with E-state index in [1.165, 1.54) is 5.56 Å². The summed E-state index contributed by atoms with van der Waals surface area (Å²) < 4.78 is 0. The van der Waals surface area contributed by atoms with Crippen LogP contribution in [-0.2, 0) is 6.42 Å². The van der Waals surface area contributed by atoms with Crippen LogP contribution in [0.5, 0.6) is 0 Å². The number of nitrogens with one attached hydrogen (secondary N) is 1. The molecule has 18 heavy (non-hydrogen) atoms. The van der Waals surface area contributed by atoms with Crippen molar-refractivity contribution in [2.24, 2.45) is 0 Å². The van der Waals surface area contributed by atoms with E-state index < -0.39 is 0 Å². The molecule has 1 aliphatic rings. The van der Waals surface area contributed by atoms with Crippen LogP contribution in [0.15, 0.2) is 29.2 Å².